The maximum absolute atomic E-state index is 5.22. The average molecular weight is 262 g/mol. The Hall–Kier alpha value is -1.06. The molecule has 3 nitrogen and oxygen atoms in total. The van der Waals surface area contributed by atoms with Crippen molar-refractivity contribution in [3.8, 4) is 5.75 Å². The fourth-order valence-electron chi connectivity index (χ4n) is 2.75. The minimum absolute atomic E-state index is 0.458. The van der Waals surface area contributed by atoms with Crippen LogP contribution < -0.4 is 10.1 Å². The van der Waals surface area contributed by atoms with Gasteiger partial charge in [0.1, 0.15) is 5.75 Å². The number of hydrogen-bond acceptors (Lipinski definition) is 3. The Morgan fingerprint density at radius 2 is 1.89 bits per heavy atom. The molecule has 1 aromatic rings. The van der Waals surface area contributed by atoms with Gasteiger partial charge in [-0.25, -0.2) is 0 Å². The monoisotopic (exact) mass is 262 g/mol. The van der Waals surface area contributed by atoms with Crippen LogP contribution in [0.2, 0.25) is 0 Å². The minimum atomic E-state index is 0.458. The molecule has 0 aromatic heterocycles. The molecule has 1 unspecified atom stereocenters. The van der Waals surface area contributed by atoms with Crippen LogP contribution in [0.25, 0.3) is 0 Å². The predicted octanol–water partition coefficient (Wildman–Crippen LogP) is 2.83. The summed E-state index contributed by atoms with van der Waals surface area (Å²) in [6, 6.07) is 9.56. The topological polar surface area (TPSA) is 24.5 Å². The third-order valence-corrected chi connectivity index (χ3v) is 4.08. The van der Waals surface area contributed by atoms with Gasteiger partial charge in [-0.15, -0.1) is 0 Å². The standard InChI is InChI=1S/C16H26N2O/c1-4-16(13-5-7-15(19-3)8-6-13)17-14-9-11-18(2)12-10-14/h5-8,14,16-17H,4,9-12H2,1-3H3. The van der Waals surface area contributed by atoms with Crippen LogP contribution in [0.3, 0.4) is 0 Å². The molecule has 1 aromatic carbocycles. The SMILES string of the molecule is CCC(NC1CCN(C)CC1)c1ccc(OC)cc1. The molecule has 1 fully saturated rings. The zero-order valence-corrected chi connectivity index (χ0v) is 12.4. The van der Waals surface area contributed by atoms with Crippen molar-refractivity contribution in [3.05, 3.63) is 29.8 Å². The number of nitrogens with one attached hydrogen (secondary N) is 1. The van der Waals surface area contributed by atoms with E-state index < -0.39 is 0 Å². The summed E-state index contributed by atoms with van der Waals surface area (Å²) >= 11 is 0. The van der Waals surface area contributed by atoms with E-state index in [1.165, 1.54) is 31.5 Å². The van der Waals surface area contributed by atoms with Crippen molar-refractivity contribution < 1.29 is 4.74 Å². The highest BCUT2D eigenvalue weighted by Gasteiger charge is 2.19. The highest BCUT2D eigenvalue weighted by molar-refractivity contribution is 5.29. The summed E-state index contributed by atoms with van der Waals surface area (Å²) in [5.41, 5.74) is 1.36. The van der Waals surface area contributed by atoms with E-state index in [4.69, 9.17) is 4.74 Å². The number of nitrogens with zero attached hydrogens (tertiary/aromatic N) is 1. The molecule has 0 aliphatic carbocycles. The normalized spacial score (nSPS) is 19.3. The smallest absolute Gasteiger partial charge is 0.118 e. The maximum atomic E-state index is 5.22. The van der Waals surface area contributed by atoms with Gasteiger partial charge in [0.2, 0.25) is 0 Å². The van der Waals surface area contributed by atoms with E-state index in [9.17, 15) is 0 Å². The summed E-state index contributed by atoms with van der Waals surface area (Å²) in [6.07, 6.45) is 3.63. The van der Waals surface area contributed by atoms with Gasteiger partial charge in [0.15, 0.2) is 0 Å². The van der Waals surface area contributed by atoms with Crippen molar-refractivity contribution >= 4 is 0 Å². The lowest BCUT2D eigenvalue weighted by molar-refractivity contribution is 0.223. The van der Waals surface area contributed by atoms with Crippen LogP contribution in [0, 0.1) is 0 Å². The molecule has 0 spiro atoms. The van der Waals surface area contributed by atoms with E-state index in [0.29, 0.717) is 12.1 Å². The van der Waals surface area contributed by atoms with Gasteiger partial charge in [-0.1, -0.05) is 19.1 Å². The van der Waals surface area contributed by atoms with E-state index in [2.05, 4.69) is 36.3 Å². The van der Waals surface area contributed by atoms with E-state index in [0.717, 1.165) is 12.2 Å². The summed E-state index contributed by atoms with van der Waals surface area (Å²) in [4.78, 5) is 2.41. The third kappa shape index (κ3) is 3.95. The lowest BCUT2D eigenvalue weighted by Gasteiger charge is -2.32. The van der Waals surface area contributed by atoms with Crippen LogP contribution >= 0.6 is 0 Å². The zero-order chi connectivity index (χ0) is 13.7. The van der Waals surface area contributed by atoms with E-state index in [1.54, 1.807) is 7.11 Å². The lowest BCUT2D eigenvalue weighted by Crippen LogP contribution is -2.42. The van der Waals surface area contributed by atoms with Gasteiger partial charge in [-0.3, -0.25) is 0 Å². The van der Waals surface area contributed by atoms with Gasteiger partial charge in [0.05, 0.1) is 7.11 Å². The van der Waals surface area contributed by atoms with Gasteiger partial charge in [-0.05, 0) is 57.1 Å². The Labute approximate surface area is 116 Å². The quantitative estimate of drug-likeness (QED) is 0.883. The van der Waals surface area contributed by atoms with Gasteiger partial charge in [0, 0.05) is 12.1 Å². The van der Waals surface area contributed by atoms with Crippen LogP contribution in [-0.4, -0.2) is 38.2 Å². The summed E-state index contributed by atoms with van der Waals surface area (Å²) in [6.45, 7) is 4.66. The van der Waals surface area contributed by atoms with Crippen LogP contribution in [0.4, 0.5) is 0 Å². The maximum Gasteiger partial charge on any atom is 0.118 e. The second kappa shape index (κ2) is 6.92. The first kappa shape index (κ1) is 14.4. The molecule has 0 saturated carbocycles. The van der Waals surface area contributed by atoms with E-state index in [-0.39, 0.29) is 0 Å². The van der Waals surface area contributed by atoms with E-state index >= 15 is 0 Å². The molecule has 2 rings (SSSR count). The molecular weight excluding hydrogens is 236 g/mol. The van der Waals surface area contributed by atoms with Gasteiger partial charge >= 0.3 is 0 Å². The van der Waals surface area contributed by atoms with Crippen LogP contribution in [0.5, 0.6) is 5.75 Å². The largest absolute Gasteiger partial charge is 0.497 e. The number of hydrogen-bond donors (Lipinski definition) is 1. The van der Waals surface area contributed by atoms with Gasteiger partial charge in [-0.2, -0.15) is 0 Å². The number of likely N-dealkylation sites (tertiary alicyclic amines) is 1. The fourth-order valence-corrected chi connectivity index (χ4v) is 2.75. The first-order chi connectivity index (χ1) is 9.22. The Morgan fingerprint density at radius 1 is 1.26 bits per heavy atom. The number of benzene rings is 1. The molecule has 1 saturated heterocycles. The predicted molar refractivity (Wildman–Crippen MR) is 79.7 cm³/mol. The summed E-state index contributed by atoms with van der Waals surface area (Å²) in [5.74, 6) is 0.929. The van der Waals surface area contributed by atoms with Crippen LogP contribution in [0.15, 0.2) is 24.3 Å². The molecular formula is C16H26N2O. The molecule has 3 heteroatoms. The Kier molecular flexibility index (Phi) is 5.23. The highest BCUT2D eigenvalue weighted by atomic mass is 16.5. The second-order valence-corrected chi connectivity index (χ2v) is 5.48. The molecule has 106 valence electrons. The summed E-state index contributed by atoms with van der Waals surface area (Å²) < 4.78 is 5.22. The lowest BCUT2D eigenvalue weighted by atomic mass is 9.99. The first-order valence-electron chi connectivity index (χ1n) is 7.31. The molecule has 1 aliphatic heterocycles. The first-order valence-corrected chi connectivity index (χ1v) is 7.31. The third-order valence-electron chi connectivity index (χ3n) is 4.08. The van der Waals surface area contributed by atoms with Crippen molar-refractivity contribution in [2.24, 2.45) is 0 Å². The highest BCUT2D eigenvalue weighted by Crippen LogP contribution is 2.22. The number of ether oxygens (including phenoxy) is 1. The van der Waals surface area contributed by atoms with E-state index in [1.807, 2.05) is 12.1 Å². The molecule has 1 atom stereocenters. The second-order valence-electron chi connectivity index (χ2n) is 5.48. The number of piperidine rings is 1. The van der Waals surface area contributed by atoms with Crippen molar-refractivity contribution in [1.29, 1.82) is 0 Å². The molecule has 0 amide bonds. The van der Waals surface area contributed by atoms with Crippen molar-refractivity contribution in [3.63, 3.8) is 0 Å². The molecule has 1 heterocycles. The fraction of sp³-hybridized carbons (Fsp3) is 0.625. The van der Waals surface area contributed by atoms with Crippen molar-refractivity contribution in [1.82, 2.24) is 10.2 Å². The Bertz CT molecular complexity index is 369. The van der Waals surface area contributed by atoms with Gasteiger partial charge < -0.3 is 15.0 Å². The van der Waals surface area contributed by atoms with Crippen LogP contribution in [-0.2, 0) is 0 Å². The van der Waals surface area contributed by atoms with Gasteiger partial charge in [0.25, 0.3) is 0 Å². The van der Waals surface area contributed by atoms with Crippen LogP contribution in [0.1, 0.15) is 37.8 Å². The molecule has 0 bridgehead atoms. The number of rotatable bonds is 5. The average Bonchev–Trinajstić information content (AvgIpc) is 2.47. The minimum Gasteiger partial charge on any atom is -0.497 e. The Morgan fingerprint density at radius 3 is 2.42 bits per heavy atom. The summed E-state index contributed by atoms with van der Waals surface area (Å²) in [5, 5.41) is 3.81. The molecule has 0 radical (unpaired) electrons. The molecule has 19 heavy (non-hydrogen) atoms. The number of methoxy groups -OCH3 is 1. The van der Waals surface area contributed by atoms with Crippen molar-refractivity contribution in [2.75, 3.05) is 27.2 Å². The van der Waals surface area contributed by atoms with Crippen molar-refractivity contribution in [2.45, 2.75) is 38.3 Å². The molecule has 1 N–H and O–H groups in total. The molecule has 1 aliphatic rings. The Balaban J connectivity index is 1.95. The zero-order valence-electron chi connectivity index (χ0n) is 12.4. The summed E-state index contributed by atoms with van der Waals surface area (Å²) in [7, 11) is 3.92.